The SMILES string of the molecule is CN1CCN=C(c2ccc(C3=NC(C)(C)CO3)cc2)c2ccccc21.CO. The Bertz CT molecular complexity index is 854. The molecule has 4 rings (SSSR count). The summed E-state index contributed by atoms with van der Waals surface area (Å²) in [5.41, 5.74) is 5.49. The summed E-state index contributed by atoms with van der Waals surface area (Å²) in [4.78, 5) is 11.8. The molecule has 2 heterocycles. The molecule has 0 bridgehead atoms. The maximum atomic E-state index is 7.00. The summed E-state index contributed by atoms with van der Waals surface area (Å²) in [6.45, 7) is 6.53. The molecule has 0 saturated heterocycles. The first-order valence-electron chi connectivity index (χ1n) is 9.17. The highest BCUT2D eigenvalue weighted by Gasteiger charge is 2.27. The molecule has 0 aromatic heterocycles. The van der Waals surface area contributed by atoms with E-state index in [2.05, 4.69) is 79.3 Å². The highest BCUT2D eigenvalue weighted by atomic mass is 16.5. The molecule has 142 valence electrons. The molecular weight excluding hydrogens is 338 g/mol. The zero-order valence-corrected chi connectivity index (χ0v) is 16.4. The molecule has 1 N–H and O–H groups in total. The van der Waals surface area contributed by atoms with E-state index >= 15 is 0 Å². The zero-order valence-electron chi connectivity index (χ0n) is 16.4. The third-order valence-electron chi connectivity index (χ3n) is 4.65. The lowest BCUT2D eigenvalue weighted by Gasteiger charge is -2.19. The van der Waals surface area contributed by atoms with E-state index in [1.807, 2.05) is 0 Å². The van der Waals surface area contributed by atoms with Crippen molar-refractivity contribution in [3.05, 3.63) is 65.2 Å². The second-order valence-electron chi connectivity index (χ2n) is 7.26. The summed E-state index contributed by atoms with van der Waals surface area (Å²) in [5, 5.41) is 7.00. The highest BCUT2D eigenvalue weighted by Crippen LogP contribution is 2.26. The van der Waals surface area contributed by atoms with Crippen molar-refractivity contribution in [2.24, 2.45) is 9.98 Å². The van der Waals surface area contributed by atoms with Crippen LogP contribution >= 0.6 is 0 Å². The molecule has 2 aromatic carbocycles. The maximum Gasteiger partial charge on any atom is 0.216 e. The fourth-order valence-corrected chi connectivity index (χ4v) is 3.27. The molecule has 5 nitrogen and oxygen atoms in total. The topological polar surface area (TPSA) is 57.4 Å². The molecule has 2 aliphatic heterocycles. The maximum absolute atomic E-state index is 7.00. The predicted molar refractivity (Wildman–Crippen MR) is 111 cm³/mol. The number of para-hydroxylation sites is 1. The van der Waals surface area contributed by atoms with Gasteiger partial charge >= 0.3 is 0 Å². The molecule has 0 fully saturated rings. The molecule has 0 saturated carbocycles. The zero-order chi connectivity index (χ0) is 19.4. The third kappa shape index (κ3) is 4.03. The number of hydrogen-bond acceptors (Lipinski definition) is 5. The summed E-state index contributed by atoms with van der Waals surface area (Å²) >= 11 is 0. The normalized spacial score (nSPS) is 17.6. The number of aliphatic hydroxyl groups excluding tert-OH is 1. The van der Waals surface area contributed by atoms with E-state index in [1.54, 1.807) is 0 Å². The lowest BCUT2D eigenvalue weighted by molar-refractivity contribution is 0.279. The number of rotatable bonds is 2. The van der Waals surface area contributed by atoms with Gasteiger partial charge in [0.1, 0.15) is 6.61 Å². The van der Waals surface area contributed by atoms with Crippen molar-refractivity contribution in [2.45, 2.75) is 19.4 Å². The summed E-state index contributed by atoms with van der Waals surface area (Å²) in [6, 6.07) is 16.9. The van der Waals surface area contributed by atoms with Gasteiger partial charge in [-0.3, -0.25) is 4.99 Å². The van der Waals surface area contributed by atoms with Gasteiger partial charge in [-0.25, -0.2) is 4.99 Å². The van der Waals surface area contributed by atoms with Crippen LogP contribution in [0.4, 0.5) is 5.69 Å². The van der Waals surface area contributed by atoms with Gasteiger partial charge in [-0.1, -0.05) is 30.3 Å². The van der Waals surface area contributed by atoms with Crippen molar-refractivity contribution in [1.82, 2.24) is 0 Å². The number of fused-ring (bicyclic) bond motifs is 1. The van der Waals surface area contributed by atoms with Gasteiger partial charge in [0.05, 0.1) is 17.8 Å². The first-order chi connectivity index (χ1) is 13.0. The average Bonchev–Trinajstić information content (AvgIpc) is 2.97. The Balaban J connectivity index is 0.00000102. The smallest absolute Gasteiger partial charge is 0.216 e. The molecule has 2 aromatic rings. The minimum absolute atomic E-state index is 0.136. The Morgan fingerprint density at radius 3 is 2.33 bits per heavy atom. The van der Waals surface area contributed by atoms with Crippen LogP contribution in [-0.2, 0) is 4.74 Å². The van der Waals surface area contributed by atoms with Crippen LogP contribution in [0.2, 0.25) is 0 Å². The number of hydrogen-bond donors (Lipinski definition) is 1. The minimum Gasteiger partial charge on any atom is -0.475 e. The number of nitrogens with zero attached hydrogens (tertiary/aromatic N) is 3. The summed E-state index contributed by atoms with van der Waals surface area (Å²) in [7, 11) is 3.12. The molecule has 0 amide bonds. The van der Waals surface area contributed by atoms with Crippen molar-refractivity contribution in [1.29, 1.82) is 0 Å². The van der Waals surface area contributed by atoms with Crippen LogP contribution in [0, 0.1) is 0 Å². The van der Waals surface area contributed by atoms with E-state index in [0.29, 0.717) is 6.61 Å². The Labute approximate surface area is 161 Å². The Morgan fingerprint density at radius 2 is 1.67 bits per heavy atom. The van der Waals surface area contributed by atoms with Crippen LogP contribution in [0.1, 0.15) is 30.5 Å². The van der Waals surface area contributed by atoms with Crippen LogP contribution in [-0.4, -0.2) is 56.1 Å². The third-order valence-corrected chi connectivity index (χ3v) is 4.65. The first kappa shape index (κ1) is 19.1. The summed E-state index contributed by atoms with van der Waals surface area (Å²) in [6.07, 6.45) is 0. The van der Waals surface area contributed by atoms with Crippen molar-refractivity contribution >= 4 is 17.3 Å². The molecule has 0 unspecified atom stereocenters. The number of aliphatic hydroxyl groups is 1. The second kappa shape index (κ2) is 7.92. The summed E-state index contributed by atoms with van der Waals surface area (Å²) < 4.78 is 5.74. The quantitative estimate of drug-likeness (QED) is 0.889. The van der Waals surface area contributed by atoms with Crippen LogP contribution in [0.5, 0.6) is 0 Å². The monoisotopic (exact) mass is 365 g/mol. The number of benzene rings is 2. The Morgan fingerprint density at radius 1 is 1.00 bits per heavy atom. The van der Waals surface area contributed by atoms with Gasteiger partial charge in [0.25, 0.3) is 0 Å². The average molecular weight is 365 g/mol. The van der Waals surface area contributed by atoms with Gasteiger partial charge in [0.2, 0.25) is 5.90 Å². The van der Waals surface area contributed by atoms with E-state index in [-0.39, 0.29) is 5.54 Å². The molecule has 27 heavy (non-hydrogen) atoms. The standard InChI is InChI=1S/C21H23N3O.CH4O/c1-21(2)14-25-20(23-21)16-10-8-15(9-11-16)19-17-6-4-5-7-18(17)24(3)13-12-22-19;1-2/h4-11H,12-14H2,1-3H3;2H,1H3. The molecule has 5 heteroatoms. The van der Waals surface area contributed by atoms with E-state index in [9.17, 15) is 0 Å². The van der Waals surface area contributed by atoms with Crippen LogP contribution in [0.3, 0.4) is 0 Å². The predicted octanol–water partition coefficient (Wildman–Crippen LogP) is 3.14. The lowest BCUT2D eigenvalue weighted by atomic mass is 9.99. The van der Waals surface area contributed by atoms with Crippen molar-refractivity contribution in [2.75, 3.05) is 38.8 Å². The highest BCUT2D eigenvalue weighted by molar-refractivity contribution is 6.16. The van der Waals surface area contributed by atoms with Gasteiger partial charge in [0, 0.05) is 43.1 Å². The number of anilines is 1. The summed E-state index contributed by atoms with van der Waals surface area (Å²) in [5.74, 6) is 0.736. The first-order valence-corrected chi connectivity index (χ1v) is 9.17. The van der Waals surface area contributed by atoms with Gasteiger partial charge in [-0.05, 0) is 32.0 Å². The van der Waals surface area contributed by atoms with E-state index in [1.165, 1.54) is 11.3 Å². The molecule has 0 atom stereocenters. The van der Waals surface area contributed by atoms with Crippen LogP contribution in [0.15, 0.2) is 58.5 Å². The Hall–Kier alpha value is -2.66. The number of benzodiazepines with no additional fused rings is 1. The van der Waals surface area contributed by atoms with Gasteiger partial charge in [-0.15, -0.1) is 0 Å². The lowest BCUT2D eigenvalue weighted by Crippen LogP contribution is -2.20. The fourth-order valence-electron chi connectivity index (χ4n) is 3.27. The van der Waals surface area contributed by atoms with Crippen LogP contribution in [0.25, 0.3) is 0 Å². The van der Waals surface area contributed by atoms with Crippen molar-refractivity contribution in [3.8, 4) is 0 Å². The largest absolute Gasteiger partial charge is 0.475 e. The molecule has 2 aliphatic rings. The molecule has 0 aliphatic carbocycles. The fraction of sp³-hybridized carbons (Fsp3) is 0.364. The van der Waals surface area contributed by atoms with Crippen molar-refractivity contribution in [3.63, 3.8) is 0 Å². The molecule has 0 radical (unpaired) electrons. The Kier molecular flexibility index (Phi) is 5.61. The van der Waals surface area contributed by atoms with Crippen LogP contribution < -0.4 is 4.90 Å². The van der Waals surface area contributed by atoms with E-state index in [0.717, 1.165) is 42.9 Å². The van der Waals surface area contributed by atoms with E-state index in [4.69, 9.17) is 14.8 Å². The van der Waals surface area contributed by atoms with E-state index < -0.39 is 0 Å². The number of ether oxygens (including phenoxy) is 1. The van der Waals surface area contributed by atoms with Gasteiger partial charge in [-0.2, -0.15) is 0 Å². The second-order valence-corrected chi connectivity index (χ2v) is 7.26. The molecule has 0 spiro atoms. The van der Waals surface area contributed by atoms with Gasteiger partial charge in [0.15, 0.2) is 0 Å². The minimum atomic E-state index is -0.136. The number of aliphatic imine (C=N–C) groups is 2. The van der Waals surface area contributed by atoms with Gasteiger partial charge < -0.3 is 14.7 Å². The van der Waals surface area contributed by atoms with Crippen molar-refractivity contribution < 1.29 is 9.84 Å². The number of likely N-dealkylation sites (N-methyl/N-ethyl adjacent to an activating group) is 1. The molecular formula is C22H27N3O2.